The fourth-order valence-electron chi connectivity index (χ4n) is 4.54. The number of rotatable bonds is 24. The van der Waals surface area contributed by atoms with Gasteiger partial charge in [-0.25, -0.2) is 0 Å². The van der Waals surface area contributed by atoms with E-state index in [-0.39, 0.29) is 0 Å². The van der Waals surface area contributed by atoms with Crippen LogP contribution in [0.2, 0.25) is 0 Å². The Kier molecular flexibility index (Phi) is 24.8. The van der Waals surface area contributed by atoms with Crippen molar-refractivity contribution in [3.8, 4) is 0 Å². The monoisotopic (exact) mass is 420 g/mol. The molecule has 0 heterocycles. The molecule has 0 aliphatic heterocycles. The zero-order valence-corrected chi connectivity index (χ0v) is 21.9. The first kappa shape index (κ1) is 29.7. The van der Waals surface area contributed by atoms with Crippen LogP contribution in [0.25, 0.3) is 0 Å². The fraction of sp³-hybridized carbons (Fsp3) is 0.933. The van der Waals surface area contributed by atoms with Crippen molar-refractivity contribution in [1.82, 2.24) is 0 Å². The highest BCUT2D eigenvalue weighted by molar-refractivity contribution is 4.89. The molecule has 0 spiro atoms. The second-order valence-corrected chi connectivity index (χ2v) is 10.3. The Morgan fingerprint density at radius 1 is 0.467 bits per heavy atom. The van der Waals surface area contributed by atoms with Gasteiger partial charge in [-0.3, -0.25) is 0 Å². The molecule has 0 rings (SSSR count). The van der Waals surface area contributed by atoms with E-state index in [1.165, 1.54) is 141 Å². The average molecular weight is 421 g/mol. The van der Waals surface area contributed by atoms with Gasteiger partial charge in [-0.05, 0) is 31.1 Å². The summed E-state index contributed by atoms with van der Waals surface area (Å²) in [6.45, 7) is 9.41. The van der Waals surface area contributed by atoms with Crippen LogP contribution in [-0.2, 0) is 0 Å². The smallest absolute Gasteiger partial charge is 0.0210 e. The SMILES string of the molecule is CCCCCCCCCCCCCCCC/C=C/C(CCCCCCCC)C(C)C. The van der Waals surface area contributed by atoms with Gasteiger partial charge >= 0.3 is 0 Å². The number of hydrogen-bond acceptors (Lipinski definition) is 0. The number of hydrogen-bond donors (Lipinski definition) is 0. The molecule has 0 fully saturated rings. The lowest BCUT2D eigenvalue weighted by molar-refractivity contribution is 0.413. The first-order valence-corrected chi connectivity index (χ1v) is 14.4. The maximum absolute atomic E-state index is 2.55. The summed E-state index contributed by atoms with van der Waals surface area (Å²) in [7, 11) is 0. The highest BCUT2D eigenvalue weighted by Crippen LogP contribution is 2.21. The van der Waals surface area contributed by atoms with E-state index in [0.29, 0.717) is 0 Å². The second-order valence-electron chi connectivity index (χ2n) is 10.3. The normalized spacial score (nSPS) is 13.0. The van der Waals surface area contributed by atoms with E-state index in [0.717, 1.165) is 11.8 Å². The summed E-state index contributed by atoms with van der Waals surface area (Å²) in [5.74, 6) is 1.61. The van der Waals surface area contributed by atoms with E-state index in [2.05, 4.69) is 39.8 Å². The van der Waals surface area contributed by atoms with Crippen LogP contribution in [0.15, 0.2) is 12.2 Å². The second kappa shape index (κ2) is 25.0. The molecular weight excluding hydrogens is 360 g/mol. The molecule has 180 valence electrons. The van der Waals surface area contributed by atoms with Gasteiger partial charge in [0.05, 0.1) is 0 Å². The average Bonchev–Trinajstić information content (AvgIpc) is 2.74. The molecule has 1 atom stereocenters. The maximum Gasteiger partial charge on any atom is -0.0210 e. The van der Waals surface area contributed by atoms with Crippen molar-refractivity contribution < 1.29 is 0 Å². The summed E-state index contributed by atoms with van der Waals surface area (Å²) in [4.78, 5) is 0. The molecular formula is C30H60. The van der Waals surface area contributed by atoms with E-state index in [1.807, 2.05) is 0 Å². The Labute approximate surface area is 193 Å². The van der Waals surface area contributed by atoms with Gasteiger partial charge in [0.15, 0.2) is 0 Å². The minimum absolute atomic E-state index is 0.799. The molecule has 0 aromatic rings. The summed E-state index contributed by atoms with van der Waals surface area (Å²) < 4.78 is 0. The van der Waals surface area contributed by atoms with Crippen molar-refractivity contribution in [2.24, 2.45) is 11.8 Å². The summed E-state index contributed by atoms with van der Waals surface area (Å²) in [5.41, 5.74) is 0. The molecule has 0 aliphatic rings. The van der Waals surface area contributed by atoms with E-state index in [4.69, 9.17) is 0 Å². The molecule has 0 radical (unpaired) electrons. The third kappa shape index (κ3) is 22.4. The van der Waals surface area contributed by atoms with Crippen LogP contribution in [0.5, 0.6) is 0 Å². The first-order valence-electron chi connectivity index (χ1n) is 14.4. The van der Waals surface area contributed by atoms with Gasteiger partial charge < -0.3 is 0 Å². The lowest BCUT2D eigenvalue weighted by atomic mass is 9.89. The molecule has 0 aliphatic carbocycles. The zero-order chi connectivity index (χ0) is 22.1. The molecule has 0 amide bonds. The largest absolute Gasteiger partial charge is 0.0883 e. The van der Waals surface area contributed by atoms with Crippen LogP contribution in [-0.4, -0.2) is 0 Å². The Hall–Kier alpha value is -0.260. The minimum atomic E-state index is 0.799. The summed E-state index contributed by atoms with van der Waals surface area (Å²) in [5, 5.41) is 0. The van der Waals surface area contributed by atoms with E-state index in [1.54, 1.807) is 0 Å². The summed E-state index contributed by atoms with van der Waals surface area (Å²) in [6.07, 6.45) is 36.7. The van der Waals surface area contributed by atoms with Crippen LogP contribution in [0.3, 0.4) is 0 Å². The van der Waals surface area contributed by atoms with Gasteiger partial charge in [0, 0.05) is 0 Å². The van der Waals surface area contributed by atoms with Gasteiger partial charge in [0.25, 0.3) is 0 Å². The predicted molar refractivity (Wildman–Crippen MR) is 140 cm³/mol. The van der Waals surface area contributed by atoms with Gasteiger partial charge in [-0.1, -0.05) is 162 Å². The molecule has 30 heavy (non-hydrogen) atoms. The van der Waals surface area contributed by atoms with Crippen molar-refractivity contribution in [2.45, 2.75) is 169 Å². The van der Waals surface area contributed by atoms with Crippen LogP contribution in [0.4, 0.5) is 0 Å². The van der Waals surface area contributed by atoms with Gasteiger partial charge in [0.2, 0.25) is 0 Å². The van der Waals surface area contributed by atoms with E-state index >= 15 is 0 Å². The van der Waals surface area contributed by atoms with Crippen LogP contribution < -0.4 is 0 Å². The molecule has 0 saturated carbocycles. The van der Waals surface area contributed by atoms with Crippen molar-refractivity contribution >= 4 is 0 Å². The maximum atomic E-state index is 2.55. The third-order valence-corrected chi connectivity index (χ3v) is 6.85. The number of unbranched alkanes of at least 4 members (excludes halogenated alkanes) is 19. The highest BCUT2D eigenvalue weighted by atomic mass is 14.1. The Morgan fingerprint density at radius 3 is 1.23 bits per heavy atom. The fourth-order valence-corrected chi connectivity index (χ4v) is 4.54. The molecule has 0 aromatic carbocycles. The predicted octanol–water partition coefficient (Wildman–Crippen LogP) is 11.4. The van der Waals surface area contributed by atoms with Crippen molar-refractivity contribution in [2.75, 3.05) is 0 Å². The van der Waals surface area contributed by atoms with E-state index < -0.39 is 0 Å². The van der Waals surface area contributed by atoms with Gasteiger partial charge in [-0.15, -0.1) is 0 Å². The van der Waals surface area contributed by atoms with E-state index in [9.17, 15) is 0 Å². The molecule has 1 unspecified atom stereocenters. The zero-order valence-electron chi connectivity index (χ0n) is 21.9. The van der Waals surface area contributed by atoms with Gasteiger partial charge in [0.1, 0.15) is 0 Å². The molecule has 0 saturated heterocycles. The Bertz CT molecular complexity index is 327. The standard InChI is InChI=1S/C30H60/c1-5-7-9-11-13-14-15-16-17-18-19-20-21-22-24-26-28-30(29(3)4)27-25-23-12-10-8-6-2/h26,28-30H,5-25,27H2,1-4H3/b28-26+. The molecule has 0 heteroatoms. The Morgan fingerprint density at radius 2 is 0.833 bits per heavy atom. The lowest BCUT2D eigenvalue weighted by Crippen LogP contribution is -2.05. The number of allylic oxidation sites excluding steroid dienone is 2. The quantitative estimate of drug-likeness (QED) is 0.107. The molecule has 0 aromatic heterocycles. The van der Waals surface area contributed by atoms with Crippen molar-refractivity contribution in [1.29, 1.82) is 0 Å². The minimum Gasteiger partial charge on any atom is -0.0883 e. The summed E-state index contributed by atoms with van der Waals surface area (Å²) in [6, 6.07) is 0. The topological polar surface area (TPSA) is 0 Å². The lowest BCUT2D eigenvalue weighted by Gasteiger charge is -2.16. The van der Waals surface area contributed by atoms with Gasteiger partial charge in [-0.2, -0.15) is 0 Å². The third-order valence-electron chi connectivity index (χ3n) is 6.85. The highest BCUT2D eigenvalue weighted by Gasteiger charge is 2.09. The molecule has 0 N–H and O–H groups in total. The van der Waals surface area contributed by atoms with Crippen molar-refractivity contribution in [3.05, 3.63) is 12.2 Å². The van der Waals surface area contributed by atoms with Crippen LogP contribution in [0.1, 0.15) is 169 Å². The van der Waals surface area contributed by atoms with Crippen LogP contribution in [0, 0.1) is 11.8 Å². The molecule has 0 bridgehead atoms. The van der Waals surface area contributed by atoms with Crippen LogP contribution >= 0.6 is 0 Å². The first-order chi connectivity index (χ1) is 14.7. The molecule has 0 nitrogen and oxygen atoms in total. The Balaban J connectivity index is 3.44. The summed E-state index contributed by atoms with van der Waals surface area (Å²) >= 11 is 0. The van der Waals surface area contributed by atoms with Crippen molar-refractivity contribution in [3.63, 3.8) is 0 Å².